The van der Waals surface area contributed by atoms with E-state index < -0.39 is 17.8 Å². The highest BCUT2D eigenvalue weighted by Crippen LogP contribution is 2.29. The van der Waals surface area contributed by atoms with Crippen LogP contribution in [-0.4, -0.2) is 63.2 Å². The molecule has 0 saturated carbocycles. The Hall–Kier alpha value is -2.68. The Kier molecular flexibility index (Phi) is 10.1. The Bertz CT molecular complexity index is 673. The highest BCUT2D eigenvalue weighted by atomic mass is 16.6. The highest BCUT2D eigenvalue weighted by molar-refractivity contribution is 5.79. The van der Waals surface area contributed by atoms with Gasteiger partial charge in [-0.25, -0.2) is 4.79 Å². The number of methoxy groups -OCH3 is 2. The molecule has 0 spiro atoms. The summed E-state index contributed by atoms with van der Waals surface area (Å²) in [4.78, 5) is 16.1. The molecule has 1 atom stereocenters. The molecule has 29 heavy (non-hydrogen) atoms. The van der Waals surface area contributed by atoms with E-state index in [9.17, 15) is 9.90 Å². The summed E-state index contributed by atoms with van der Waals surface area (Å²) in [5.41, 5.74) is 0.0589. The number of hydrogen-bond acceptors (Lipinski definition) is 6. The second kappa shape index (κ2) is 12.0. The SMILES string of the molecule is CCNC(=NCC(O)c1cc(OC)ccc1OC)NCCNC(=O)OC(C)(C)C. The molecule has 0 aliphatic carbocycles. The Balaban J connectivity index is 2.62. The largest absolute Gasteiger partial charge is 0.497 e. The molecule has 0 aliphatic heterocycles. The fourth-order valence-corrected chi connectivity index (χ4v) is 2.38. The number of aliphatic imine (C=N–C) groups is 1. The van der Waals surface area contributed by atoms with Gasteiger partial charge in [0.25, 0.3) is 0 Å². The van der Waals surface area contributed by atoms with Gasteiger partial charge in [-0.3, -0.25) is 4.99 Å². The molecule has 1 rings (SSSR count). The van der Waals surface area contributed by atoms with Crippen LogP contribution in [0.4, 0.5) is 4.79 Å². The molecule has 0 bridgehead atoms. The quantitative estimate of drug-likeness (QED) is 0.279. The number of benzene rings is 1. The topological polar surface area (TPSA) is 113 Å². The van der Waals surface area contributed by atoms with Crippen molar-refractivity contribution in [2.24, 2.45) is 4.99 Å². The number of hydrogen-bond donors (Lipinski definition) is 4. The van der Waals surface area contributed by atoms with Crippen LogP contribution in [0.5, 0.6) is 11.5 Å². The molecule has 9 heteroatoms. The summed E-state index contributed by atoms with van der Waals surface area (Å²) in [6.07, 6.45) is -1.34. The van der Waals surface area contributed by atoms with E-state index in [-0.39, 0.29) is 6.54 Å². The van der Waals surface area contributed by atoms with Crippen molar-refractivity contribution in [1.29, 1.82) is 0 Å². The smallest absolute Gasteiger partial charge is 0.407 e. The minimum atomic E-state index is -0.865. The van der Waals surface area contributed by atoms with E-state index in [0.29, 0.717) is 42.7 Å². The van der Waals surface area contributed by atoms with Crippen molar-refractivity contribution in [1.82, 2.24) is 16.0 Å². The molecule has 9 nitrogen and oxygen atoms in total. The number of aliphatic hydroxyl groups is 1. The third kappa shape index (κ3) is 9.38. The van der Waals surface area contributed by atoms with E-state index in [1.807, 2.05) is 27.7 Å². The van der Waals surface area contributed by atoms with E-state index in [1.165, 1.54) is 0 Å². The zero-order chi connectivity index (χ0) is 21.9. The van der Waals surface area contributed by atoms with Crippen LogP contribution in [0.25, 0.3) is 0 Å². The molecular weight excluding hydrogens is 376 g/mol. The van der Waals surface area contributed by atoms with Crippen molar-refractivity contribution in [3.8, 4) is 11.5 Å². The number of aliphatic hydroxyl groups excluding tert-OH is 1. The van der Waals surface area contributed by atoms with Gasteiger partial charge < -0.3 is 35.3 Å². The molecule has 0 aliphatic rings. The predicted molar refractivity (Wildman–Crippen MR) is 113 cm³/mol. The average molecular weight is 411 g/mol. The number of carbonyl (C=O) groups is 1. The number of nitrogens with one attached hydrogen (secondary N) is 3. The van der Waals surface area contributed by atoms with Crippen LogP contribution in [0.2, 0.25) is 0 Å². The maximum Gasteiger partial charge on any atom is 0.407 e. The Morgan fingerprint density at radius 2 is 1.83 bits per heavy atom. The minimum Gasteiger partial charge on any atom is -0.497 e. The summed E-state index contributed by atoms with van der Waals surface area (Å²) < 4.78 is 15.7. The van der Waals surface area contributed by atoms with Gasteiger partial charge in [0, 0.05) is 25.2 Å². The molecule has 1 unspecified atom stereocenters. The first-order valence-corrected chi connectivity index (χ1v) is 9.59. The molecule has 0 fully saturated rings. The Morgan fingerprint density at radius 1 is 1.14 bits per heavy atom. The first-order valence-electron chi connectivity index (χ1n) is 9.59. The van der Waals surface area contributed by atoms with Gasteiger partial charge in [0.1, 0.15) is 23.2 Å². The van der Waals surface area contributed by atoms with E-state index in [4.69, 9.17) is 14.2 Å². The molecule has 4 N–H and O–H groups in total. The van der Waals surface area contributed by atoms with Crippen molar-refractivity contribution >= 4 is 12.1 Å². The van der Waals surface area contributed by atoms with Crippen LogP contribution in [0, 0.1) is 0 Å². The molecule has 164 valence electrons. The van der Waals surface area contributed by atoms with Gasteiger partial charge in [0.05, 0.1) is 20.8 Å². The zero-order valence-corrected chi connectivity index (χ0v) is 18.2. The van der Waals surface area contributed by atoms with Crippen molar-refractivity contribution in [3.05, 3.63) is 23.8 Å². The summed E-state index contributed by atoms with van der Waals surface area (Å²) in [6.45, 7) is 8.96. The normalized spacial score (nSPS) is 12.7. The summed E-state index contributed by atoms with van der Waals surface area (Å²) in [7, 11) is 3.11. The summed E-state index contributed by atoms with van der Waals surface area (Å²) in [6, 6.07) is 5.23. The van der Waals surface area contributed by atoms with Gasteiger partial charge in [-0.15, -0.1) is 0 Å². The molecule has 0 radical (unpaired) electrons. The third-order valence-corrected chi connectivity index (χ3v) is 3.65. The van der Waals surface area contributed by atoms with Crippen molar-refractivity contribution in [3.63, 3.8) is 0 Å². The van der Waals surface area contributed by atoms with Crippen molar-refractivity contribution < 1.29 is 24.1 Å². The highest BCUT2D eigenvalue weighted by Gasteiger charge is 2.16. The maximum atomic E-state index is 11.7. The Labute approximate surface area is 172 Å². The standard InChI is InChI=1S/C20H34N4O5/c1-7-21-18(22-10-11-23-19(26)29-20(2,3)4)24-13-16(25)15-12-14(27-5)8-9-17(15)28-6/h8-9,12,16,25H,7,10-11,13H2,1-6H3,(H,23,26)(H2,21,22,24). The Morgan fingerprint density at radius 3 is 2.41 bits per heavy atom. The van der Waals surface area contributed by atoms with Crippen LogP contribution >= 0.6 is 0 Å². The number of ether oxygens (including phenoxy) is 3. The fourth-order valence-electron chi connectivity index (χ4n) is 2.38. The van der Waals surface area contributed by atoms with Crippen LogP contribution in [0.1, 0.15) is 39.4 Å². The molecular formula is C20H34N4O5. The van der Waals surface area contributed by atoms with Crippen LogP contribution in [0.3, 0.4) is 0 Å². The first-order chi connectivity index (χ1) is 13.7. The summed E-state index contributed by atoms with van der Waals surface area (Å²) in [5.74, 6) is 1.72. The second-order valence-electron chi connectivity index (χ2n) is 7.20. The lowest BCUT2D eigenvalue weighted by Gasteiger charge is -2.20. The second-order valence-corrected chi connectivity index (χ2v) is 7.20. The van der Waals surface area contributed by atoms with Gasteiger partial charge in [0.2, 0.25) is 0 Å². The first kappa shape index (κ1) is 24.4. The molecule has 0 aromatic heterocycles. The predicted octanol–water partition coefficient (Wildman–Crippen LogP) is 1.82. The molecule has 1 aromatic rings. The molecule has 0 saturated heterocycles. The van der Waals surface area contributed by atoms with Crippen molar-refractivity contribution in [2.45, 2.75) is 39.4 Å². The van der Waals surface area contributed by atoms with Gasteiger partial charge in [0.15, 0.2) is 5.96 Å². The lowest BCUT2D eigenvalue weighted by molar-refractivity contribution is 0.0529. The molecule has 1 aromatic carbocycles. The minimum absolute atomic E-state index is 0.123. The van der Waals surface area contributed by atoms with Gasteiger partial charge in [-0.05, 0) is 45.9 Å². The van der Waals surface area contributed by atoms with Crippen LogP contribution in [0.15, 0.2) is 23.2 Å². The van der Waals surface area contributed by atoms with Gasteiger partial charge in [-0.2, -0.15) is 0 Å². The summed E-state index contributed by atoms with van der Waals surface area (Å²) in [5, 5.41) is 19.4. The number of carbonyl (C=O) groups excluding carboxylic acids is 1. The van der Waals surface area contributed by atoms with Gasteiger partial charge in [-0.1, -0.05) is 0 Å². The lowest BCUT2D eigenvalue weighted by atomic mass is 10.1. The van der Waals surface area contributed by atoms with E-state index >= 15 is 0 Å². The van der Waals surface area contributed by atoms with Gasteiger partial charge >= 0.3 is 6.09 Å². The lowest BCUT2D eigenvalue weighted by Crippen LogP contribution is -2.42. The number of guanidine groups is 1. The number of amides is 1. The summed E-state index contributed by atoms with van der Waals surface area (Å²) >= 11 is 0. The van der Waals surface area contributed by atoms with E-state index in [1.54, 1.807) is 32.4 Å². The average Bonchev–Trinajstić information content (AvgIpc) is 2.67. The van der Waals surface area contributed by atoms with E-state index in [2.05, 4.69) is 20.9 Å². The molecule has 0 heterocycles. The number of alkyl carbamates (subject to hydrolysis) is 1. The van der Waals surface area contributed by atoms with E-state index in [0.717, 1.165) is 0 Å². The van der Waals surface area contributed by atoms with Crippen LogP contribution in [-0.2, 0) is 4.74 Å². The zero-order valence-electron chi connectivity index (χ0n) is 18.2. The number of nitrogens with zero attached hydrogens (tertiary/aromatic N) is 1. The van der Waals surface area contributed by atoms with Crippen molar-refractivity contribution in [2.75, 3.05) is 40.4 Å². The fraction of sp³-hybridized carbons (Fsp3) is 0.600. The van der Waals surface area contributed by atoms with Crippen LogP contribution < -0.4 is 25.4 Å². The maximum absolute atomic E-state index is 11.7. The molecule has 1 amide bonds. The monoisotopic (exact) mass is 410 g/mol. The third-order valence-electron chi connectivity index (χ3n) is 3.65. The number of rotatable bonds is 9.